The molecule has 0 saturated heterocycles. The van der Waals surface area contributed by atoms with Gasteiger partial charge in [-0.15, -0.1) is 0 Å². The van der Waals surface area contributed by atoms with Gasteiger partial charge in [0.1, 0.15) is 0 Å². The average molecular weight is 257 g/mol. The Morgan fingerprint density at radius 3 is 2.53 bits per heavy atom. The number of hydrogen-bond acceptors (Lipinski definition) is 2. The summed E-state index contributed by atoms with van der Waals surface area (Å²) in [6.07, 6.45) is 3.09. The number of rotatable bonds is 6. The van der Waals surface area contributed by atoms with Crippen molar-refractivity contribution in [1.82, 2.24) is 15.1 Å². The minimum atomic E-state index is 0.935. The van der Waals surface area contributed by atoms with Gasteiger partial charge in [0, 0.05) is 24.3 Å². The maximum atomic E-state index is 4.46. The maximum Gasteiger partial charge on any atom is 0.0571 e. The molecular formula is C16H23N3. The van der Waals surface area contributed by atoms with Crippen LogP contribution in [0.3, 0.4) is 0 Å². The lowest BCUT2D eigenvalue weighted by atomic mass is 10.0. The topological polar surface area (TPSA) is 29.9 Å². The Morgan fingerprint density at radius 2 is 1.89 bits per heavy atom. The molecule has 0 unspecified atom stereocenters. The third-order valence-corrected chi connectivity index (χ3v) is 3.38. The van der Waals surface area contributed by atoms with E-state index in [2.05, 4.69) is 60.1 Å². The molecule has 0 saturated carbocycles. The molecule has 3 nitrogen and oxygen atoms in total. The molecule has 0 aliphatic heterocycles. The fraction of sp³-hybridized carbons (Fsp3) is 0.438. The van der Waals surface area contributed by atoms with E-state index in [0.717, 1.165) is 26.1 Å². The van der Waals surface area contributed by atoms with Crippen LogP contribution in [0.1, 0.15) is 31.5 Å². The molecule has 2 rings (SSSR count). The molecule has 0 aliphatic carbocycles. The van der Waals surface area contributed by atoms with Crippen molar-refractivity contribution in [2.75, 3.05) is 6.54 Å². The molecule has 0 aliphatic rings. The Labute approximate surface area is 115 Å². The van der Waals surface area contributed by atoms with E-state index in [1.54, 1.807) is 0 Å². The number of benzene rings is 1. The zero-order chi connectivity index (χ0) is 13.7. The van der Waals surface area contributed by atoms with Gasteiger partial charge < -0.3 is 5.32 Å². The molecule has 0 radical (unpaired) electrons. The van der Waals surface area contributed by atoms with Gasteiger partial charge in [0.15, 0.2) is 0 Å². The Morgan fingerprint density at radius 1 is 1.16 bits per heavy atom. The zero-order valence-corrected chi connectivity index (χ0v) is 12.1. The van der Waals surface area contributed by atoms with Crippen LogP contribution in [0, 0.1) is 6.92 Å². The first-order valence-corrected chi connectivity index (χ1v) is 7.08. The highest BCUT2D eigenvalue weighted by atomic mass is 15.3. The molecular weight excluding hydrogens is 234 g/mol. The van der Waals surface area contributed by atoms with Crippen LogP contribution in [0.2, 0.25) is 0 Å². The van der Waals surface area contributed by atoms with Crippen molar-refractivity contribution in [3.63, 3.8) is 0 Å². The molecule has 0 bridgehead atoms. The van der Waals surface area contributed by atoms with Crippen molar-refractivity contribution in [2.45, 2.75) is 40.3 Å². The summed E-state index contributed by atoms with van der Waals surface area (Å²) in [5.74, 6) is 0. The molecule has 0 atom stereocenters. The molecule has 1 aromatic carbocycles. The number of nitrogens with one attached hydrogen (secondary N) is 1. The molecule has 3 heteroatoms. The lowest BCUT2D eigenvalue weighted by Crippen LogP contribution is -2.11. The predicted molar refractivity (Wildman–Crippen MR) is 80.1 cm³/mol. The summed E-state index contributed by atoms with van der Waals surface area (Å²) in [4.78, 5) is 0. The Kier molecular flexibility index (Phi) is 4.74. The Bertz CT molecular complexity index is 511. The van der Waals surface area contributed by atoms with Crippen LogP contribution in [0.5, 0.6) is 0 Å². The second-order valence-electron chi connectivity index (χ2n) is 4.84. The minimum Gasteiger partial charge on any atom is -0.313 e. The van der Waals surface area contributed by atoms with Crippen LogP contribution in [-0.4, -0.2) is 16.3 Å². The van der Waals surface area contributed by atoms with E-state index in [-0.39, 0.29) is 0 Å². The zero-order valence-electron chi connectivity index (χ0n) is 12.1. The summed E-state index contributed by atoms with van der Waals surface area (Å²) in [7, 11) is 0. The molecule has 0 fully saturated rings. The quantitative estimate of drug-likeness (QED) is 0.859. The molecule has 19 heavy (non-hydrogen) atoms. The summed E-state index contributed by atoms with van der Waals surface area (Å²) in [5, 5.41) is 7.80. The molecule has 0 amide bonds. The number of aromatic nitrogens is 2. The molecule has 1 aromatic heterocycles. The minimum absolute atomic E-state index is 0.935. The van der Waals surface area contributed by atoms with Gasteiger partial charge in [-0.3, -0.25) is 4.68 Å². The number of aryl methyl sites for hydroxylation is 1. The van der Waals surface area contributed by atoms with Crippen LogP contribution in [0.15, 0.2) is 30.5 Å². The van der Waals surface area contributed by atoms with Crippen LogP contribution >= 0.6 is 0 Å². The molecule has 1 N–H and O–H groups in total. The first-order valence-electron chi connectivity index (χ1n) is 7.08. The van der Waals surface area contributed by atoms with Gasteiger partial charge >= 0.3 is 0 Å². The van der Waals surface area contributed by atoms with Gasteiger partial charge in [0.2, 0.25) is 0 Å². The van der Waals surface area contributed by atoms with Crippen LogP contribution in [-0.2, 0) is 13.1 Å². The van der Waals surface area contributed by atoms with E-state index in [9.17, 15) is 0 Å². The fourth-order valence-corrected chi connectivity index (χ4v) is 2.24. The van der Waals surface area contributed by atoms with Gasteiger partial charge in [-0.1, -0.05) is 38.1 Å². The second-order valence-corrected chi connectivity index (χ2v) is 4.84. The van der Waals surface area contributed by atoms with E-state index in [1.165, 1.54) is 22.4 Å². The third-order valence-electron chi connectivity index (χ3n) is 3.38. The Balaban J connectivity index is 2.17. The van der Waals surface area contributed by atoms with Gasteiger partial charge in [-0.2, -0.15) is 5.10 Å². The number of nitrogens with zero attached hydrogens (tertiary/aromatic N) is 2. The van der Waals surface area contributed by atoms with Crippen LogP contribution in [0.25, 0.3) is 11.1 Å². The summed E-state index contributed by atoms with van der Waals surface area (Å²) >= 11 is 0. The summed E-state index contributed by atoms with van der Waals surface area (Å²) in [6.45, 7) is 9.38. The third kappa shape index (κ3) is 3.24. The lowest BCUT2D eigenvalue weighted by Gasteiger charge is -2.06. The highest BCUT2D eigenvalue weighted by Gasteiger charge is 2.07. The first kappa shape index (κ1) is 13.8. The molecule has 1 heterocycles. The highest BCUT2D eigenvalue weighted by molar-refractivity contribution is 5.65. The van der Waals surface area contributed by atoms with Crippen molar-refractivity contribution in [3.05, 3.63) is 41.7 Å². The van der Waals surface area contributed by atoms with Crippen LogP contribution in [0.4, 0.5) is 0 Å². The van der Waals surface area contributed by atoms with Crippen molar-refractivity contribution >= 4 is 0 Å². The van der Waals surface area contributed by atoms with Gasteiger partial charge in [-0.25, -0.2) is 0 Å². The van der Waals surface area contributed by atoms with E-state index in [1.807, 2.05) is 6.20 Å². The largest absolute Gasteiger partial charge is 0.313 e. The standard InChI is InChI=1S/C16H23N3/c1-4-10-19-13(3)16(12-18-19)15-8-6-14(7-9-15)11-17-5-2/h6-9,12,17H,4-5,10-11H2,1-3H3. The SMILES string of the molecule is CCCn1ncc(-c2ccc(CNCC)cc2)c1C. The summed E-state index contributed by atoms with van der Waals surface area (Å²) in [5.41, 5.74) is 5.06. The Hall–Kier alpha value is -1.61. The highest BCUT2D eigenvalue weighted by Crippen LogP contribution is 2.23. The van der Waals surface area contributed by atoms with Crippen molar-refractivity contribution in [1.29, 1.82) is 0 Å². The van der Waals surface area contributed by atoms with Gasteiger partial charge in [0.05, 0.1) is 6.20 Å². The van der Waals surface area contributed by atoms with Crippen molar-refractivity contribution in [3.8, 4) is 11.1 Å². The summed E-state index contributed by atoms with van der Waals surface area (Å²) in [6, 6.07) is 8.75. The smallest absolute Gasteiger partial charge is 0.0571 e. The van der Waals surface area contributed by atoms with E-state index < -0.39 is 0 Å². The summed E-state index contributed by atoms with van der Waals surface area (Å²) < 4.78 is 2.09. The monoisotopic (exact) mass is 257 g/mol. The van der Waals surface area contributed by atoms with E-state index in [0.29, 0.717) is 0 Å². The first-order chi connectivity index (χ1) is 9.26. The lowest BCUT2D eigenvalue weighted by molar-refractivity contribution is 0.587. The molecule has 0 spiro atoms. The normalized spacial score (nSPS) is 10.9. The molecule has 102 valence electrons. The van der Waals surface area contributed by atoms with Crippen molar-refractivity contribution in [2.24, 2.45) is 0 Å². The van der Waals surface area contributed by atoms with E-state index in [4.69, 9.17) is 0 Å². The number of hydrogen-bond donors (Lipinski definition) is 1. The van der Waals surface area contributed by atoms with Crippen LogP contribution < -0.4 is 5.32 Å². The predicted octanol–water partition coefficient (Wildman–Crippen LogP) is 3.38. The second kappa shape index (κ2) is 6.53. The average Bonchev–Trinajstić information content (AvgIpc) is 2.79. The van der Waals surface area contributed by atoms with Crippen molar-refractivity contribution < 1.29 is 0 Å². The van der Waals surface area contributed by atoms with Gasteiger partial charge in [0.25, 0.3) is 0 Å². The van der Waals surface area contributed by atoms with Gasteiger partial charge in [-0.05, 0) is 31.0 Å². The fourth-order valence-electron chi connectivity index (χ4n) is 2.24. The van der Waals surface area contributed by atoms with E-state index >= 15 is 0 Å². The maximum absolute atomic E-state index is 4.46. The molecule has 2 aromatic rings.